The molecule has 0 aromatic heterocycles. The molecule has 0 saturated heterocycles. The van der Waals surface area contributed by atoms with E-state index in [1.165, 1.54) is 6.07 Å². The van der Waals surface area contributed by atoms with Crippen molar-refractivity contribution in [1.29, 1.82) is 0 Å². The Morgan fingerprint density at radius 3 is 2.67 bits per heavy atom. The minimum atomic E-state index is -1.05. The van der Waals surface area contributed by atoms with Crippen LogP contribution in [-0.4, -0.2) is 11.1 Å². The molecule has 1 rings (SSSR count). The number of hydrogen-bond donors (Lipinski definition) is 1. The number of carboxylic acids is 1. The maximum absolute atomic E-state index is 12.8. The van der Waals surface area contributed by atoms with E-state index in [1.807, 2.05) is 0 Å². The topological polar surface area (TPSA) is 37.3 Å². The first-order chi connectivity index (χ1) is 5.54. The number of halogens is 2. The standard InChI is InChI=1S/C8H6BrFO2/c1-4-5(8(11)12)2-3-6(10)7(4)9/h2-3H,1H3,(H,11,12). The van der Waals surface area contributed by atoms with E-state index in [0.717, 1.165) is 6.07 Å². The summed E-state index contributed by atoms with van der Waals surface area (Å²) in [4.78, 5) is 10.5. The Morgan fingerprint density at radius 1 is 1.58 bits per heavy atom. The highest BCUT2D eigenvalue weighted by Crippen LogP contribution is 2.22. The SMILES string of the molecule is Cc1c(C(=O)O)ccc(F)c1Br. The number of carbonyl (C=O) groups is 1. The normalized spacial score (nSPS) is 9.92. The van der Waals surface area contributed by atoms with Crippen molar-refractivity contribution >= 4 is 21.9 Å². The molecule has 0 atom stereocenters. The summed E-state index contributed by atoms with van der Waals surface area (Å²) in [6.45, 7) is 1.55. The maximum Gasteiger partial charge on any atom is 0.335 e. The summed E-state index contributed by atoms with van der Waals surface area (Å²) < 4.78 is 13.0. The van der Waals surface area contributed by atoms with E-state index >= 15 is 0 Å². The van der Waals surface area contributed by atoms with Crippen molar-refractivity contribution in [1.82, 2.24) is 0 Å². The average molecular weight is 233 g/mol. The van der Waals surface area contributed by atoms with Gasteiger partial charge in [-0.05, 0) is 40.5 Å². The first-order valence-electron chi connectivity index (χ1n) is 3.22. The quantitative estimate of drug-likeness (QED) is 0.809. The van der Waals surface area contributed by atoms with Crippen molar-refractivity contribution < 1.29 is 14.3 Å². The molecular weight excluding hydrogens is 227 g/mol. The predicted octanol–water partition coefficient (Wildman–Crippen LogP) is 2.59. The summed E-state index contributed by atoms with van der Waals surface area (Å²) in [5.41, 5.74) is 0.519. The number of aromatic carboxylic acids is 1. The molecule has 1 aromatic rings. The summed E-state index contributed by atoms with van der Waals surface area (Å²) in [6.07, 6.45) is 0. The fourth-order valence-corrected chi connectivity index (χ4v) is 1.23. The fraction of sp³-hybridized carbons (Fsp3) is 0.125. The van der Waals surface area contributed by atoms with Gasteiger partial charge in [-0.15, -0.1) is 0 Å². The molecule has 0 unspecified atom stereocenters. The van der Waals surface area contributed by atoms with E-state index in [1.54, 1.807) is 6.92 Å². The molecule has 0 heterocycles. The smallest absolute Gasteiger partial charge is 0.335 e. The molecule has 12 heavy (non-hydrogen) atoms. The summed E-state index contributed by atoms with van der Waals surface area (Å²) >= 11 is 2.96. The Morgan fingerprint density at radius 2 is 2.17 bits per heavy atom. The van der Waals surface area contributed by atoms with Gasteiger partial charge < -0.3 is 5.11 Å². The molecular formula is C8H6BrFO2. The van der Waals surface area contributed by atoms with Gasteiger partial charge in [-0.1, -0.05) is 0 Å². The van der Waals surface area contributed by atoms with Gasteiger partial charge in [0.05, 0.1) is 10.0 Å². The lowest BCUT2D eigenvalue weighted by atomic mass is 10.1. The van der Waals surface area contributed by atoms with Crippen LogP contribution in [0.4, 0.5) is 4.39 Å². The summed E-state index contributed by atoms with van der Waals surface area (Å²) in [5.74, 6) is -1.49. The number of rotatable bonds is 1. The Labute approximate surface area is 77.2 Å². The highest BCUT2D eigenvalue weighted by atomic mass is 79.9. The third-order valence-electron chi connectivity index (χ3n) is 1.57. The average Bonchev–Trinajstić information content (AvgIpc) is 2.00. The van der Waals surface area contributed by atoms with E-state index in [2.05, 4.69) is 15.9 Å². The molecule has 64 valence electrons. The monoisotopic (exact) mass is 232 g/mol. The van der Waals surface area contributed by atoms with Gasteiger partial charge in [0.2, 0.25) is 0 Å². The van der Waals surface area contributed by atoms with E-state index < -0.39 is 11.8 Å². The second-order valence-corrected chi connectivity index (χ2v) is 3.13. The van der Waals surface area contributed by atoms with Gasteiger partial charge in [-0.25, -0.2) is 9.18 Å². The predicted molar refractivity (Wildman–Crippen MR) is 45.8 cm³/mol. The van der Waals surface area contributed by atoms with Crippen molar-refractivity contribution in [3.63, 3.8) is 0 Å². The Bertz CT molecular complexity index is 336. The van der Waals surface area contributed by atoms with Crippen LogP contribution in [0.3, 0.4) is 0 Å². The van der Waals surface area contributed by atoms with Crippen molar-refractivity contribution in [3.8, 4) is 0 Å². The molecule has 1 aromatic carbocycles. The number of benzene rings is 1. The Hall–Kier alpha value is -0.900. The molecule has 0 bridgehead atoms. The molecule has 0 fully saturated rings. The number of hydrogen-bond acceptors (Lipinski definition) is 1. The number of carboxylic acid groups (broad SMARTS) is 1. The third kappa shape index (κ3) is 1.48. The van der Waals surface area contributed by atoms with Crippen molar-refractivity contribution in [2.45, 2.75) is 6.92 Å². The zero-order valence-electron chi connectivity index (χ0n) is 6.27. The molecule has 2 nitrogen and oxygen atoms in total. The van der Waals surface area contributed by atoms with E-state index in [4.69, 9.17) is 5.11 Å². The lowest BCUT2D eigenvalue weighted by Crippen LogP contribution is -2.00. The first-order valence-corrected chi connectivity index (χ1v) is 4.01. The highest BCUT2D eigenvalue weighted by molar-refractivity contribution is 9.10. The van der Waals surface area contributed by atoms with Gasteiger partial charge in [0.1, 0.15) is 5.82 Å². The molecule has 0 aliphatic heterocycles. The molecule has 4 heteroatoms. The van der Waals surface area contributed by atoms with E-state index in [0.29, 0.717) is 5.56 Å². The third-order valence-corrected chi connectivity index (χ3v) is 2.54. The van der Waals surface area contributed by atoms with Gasteiger partial charge in [-0.3, -0.25) is 0 Å². The lowest BCUT2D eigenvalue weighted by Gasteiger charge is -2.03. The van der Waals surface area contributed by atoms with E-state index in [9.17, 15) is 9.18 Å². The van der Waals surface area contributed by atoms with Gasteiger partial charge in [-0.2, -0.15) is 0 Å². The summed E-state index contributed by atoms with van der Waals surface area (Å²) in [7, 11) is 0. The van der Waals surface area contributed by atoms with Crippen LogP contribution < -0.4 is 0 Å². The highest BCUT2D eigenvalue weighted by Gasteiger charge is 2.11. The van der Waals surface area contributed by atoms with Crippen LogP contribution in [0.25, 0.3) is 0 Å². The second-order valence-electron chi connectivity index (χ2n) is 2.34. The molecule has 0 aliphatic rings. The van der Waals surface area contributed by atoms with Crippen LogP contribution in [0.1, 0.15) is 15.9 Å². The Balaban J connectivity index is 3.36. The summed E-state index contributed by atoms with van der Waals surface area (Å²) in [5, 5.41) is 8.64. The van der Waals surface area contributed by atoms with Crippen LogP contribution in [0, 0.1) is 12.7 Å². The second kappa shape index (κ2) is 3.23. The fourth-order valence-electron chi connectivity index (χ4n) is 0.884. The molecule has 0 spiro atoms. The van der Waals surface area contributed by atoms with Crippen LogP contribution in [0.5, 0.6) is 0 Å². The van der Waals surface area contributed by atoms with Crippen LogP contribution >= 0.6 is 15.9 Å². The zero-order valence-corrected chi connectivity index (χ0v) is 7.85. The van der Waals surface area contributed by atoms with Crippen molar-refractivity contribution in [3.05, 3.63) is 33.5 Å². The minimum absolute atomic E-state index is 0.114. The van der Waals surface area contributed by atoms with Gasteiger partial charge in [0.25, 0.3) is 0 Å². The van der Waals surface area contributed by atoms with Gasteiger partial charge in [0, 0.05) is 0 Å². The lowest BCUT2D eigenvalue weighted by molar-refractivity contribution is 0.0696. The van der Waals surface area contributed by atoms with Crippen LogP contribution in [-0.2, 0) is 0 Å². The van der Waals surface area contributed by atoms with Gasteiger partial charge >= 0.3 is 5.97 Å². The minimum Gasteiger partial charge on any atom is -0.478 e. The summed E-state index contributed by atoms with van der Waals surface area (Å²) in [6, 6.07) is 2.37. The molecule has 0 amide bonds. The molecule has 0 radical (unpaired) electrons. The van der Waals surface area contributed by atoms with E-state index in [-0.39, 0.29) is 10.0 Å². The maximum atomic E-state index is 12.8. The molecule has 0 aliphatic carbocycles. The Kier molecular flexibility index (Phi) is 2.47. The van der Waals surface area contributed by atoms with Crippen LogP contribution in [0.2, 0.25) is 0 Å². The zero-order chi connectivity index (χ0) is 9.30. The van der Waals surface area contributed by atoms with Crippen molar-refractivity contribution in [2.24, 2.45) is 0 Å². The van der Waals surface area contributed by atoms with Gasteiger partial charge in [0.15, 0.2) is 0 Å². The van der Waals surface area contributed by atoms with Crippen LogP contribution in [0.15, 0.2) is 16.6 Å². The largest absolute Gasteiger partial charge is 0.478 e. The first kappa shape index (κ1) is 9.19. The van der Waals surface area contributed by atoms with Crippen molar-refractivity contribution in [2.75, 3.05) is 0 Å². The molecule has 0 saturated carbocycles. The molecule has 1 N–H and O–H groups in total.